The number of benzene rings is 1. The zero-order chi connectivity index (χ0) is 16.5. The predicted octanol–water partition coefficient (Wildman–Crippen LogP) is 5.07. The number of carbonyl (C=O) groups is 2. The average Bonchev–Trinajstić information content (AvgIpc) is 2.47. The third-order valence-corrected chi connectivity index (χ3v) is 3.70. The number of ether oxygens (including phenoxy) is 2. The maximum absolute atomic E-state index is 11.7. The first-order valence-corrected chi connectivity index (χ1v) is 8.08. The Labute approximate surface area is 144 Å². The van der Waals surface area contributed by atoms with Crippen molar-refractivity contribution in [2.24, 2.45) is 0 Å². The minimum absolute atomic E-state index is 0.170. The Morgan fingerprint density at radius 2 is 1.55 bits per heavy atom. The van der Waals surface area contributed by atoms with Gasteiger partial charge in [0.1, 0.15) is 0 Å². The van der Waals surface area contributed by atoms with Crippen molar-refractivity contribution in [2.45, 2.75) is 39.0 Å². The van der Waals surface area contributed by atoms with E-state index < -0.39 is 5.97 Å². The Bertz CT molecular complexity index is 532. The number of rotatable bonds is 8. The molecule has 0 saturated carbocycles. The van der Waals surface area contributed by atoms with E-state index in [1.54, 1.807) is 0 Å². The summed E-state index contributed by atoms with van der Waals surface area (Å²) in [5.41, 5.74) is 0. The summed E-state index contributed by atoms with van der Waals surface area (Å²) in [7, 11) is 0. The first-order valence-electron chi connectivity index (χ1n) is 6.95. The van der Waals surface area contributed by atoms with Crippen molar-refractivity contribution in [1.29, 1.82) is 0 Å². The fourth-order valence-corrected chi connectivity index (χ4v) is 2.16. The molecule has 0 radical (unpaired) electrons. The van der Waals surface area contributed by atoms with Crippen LogP contribution in [0.5, 0.6) is 5.75 Å². The molecule has 0 saturated heterocycles. The highest BCUT2D eigenvalue weighted by Crippen LogP contribution is 2.34. The lowest BCUT2D eigenvalue weighted by Crippen LogP contribution is -2.09. The third kappa shape index (κ3) is 6.86. The lowest BCUT2D eigenvalue weighted by Gasteiger charge is -2.07. The van der Waals surface area contributed by atoms with E-state index in [0.29, 0.717) is 25.9 Å². The summed E-state index contributed by atoms with van der Waals surface area (Å²) in [6.45, 7) is 2.36. The van der Waals surface area contributed by atoms with E-state index in [0.717, 1.165) is 6.42 Å². The highest BCUT2D eigenvalue weighted by Gasteiger charge is 2.12. The van der Waals surface area contributed by atoms with E-state index in [1.807, 2.05) is 6.92 Å². The second-order valence-corrected chi connectivity index (χ2v) is 5.82. The average molecular weight is 368 g/mol. The van der Waals surface area contributed by atoms with Crippen molar-refractivity contribution in [3.05, 3.63) is 27.2 Å². The van der Waals surface area contributed by atoms with Crippen LogP contribution in [0.2, 0.25) is 15.1 Å². The van der Waals surface area contributed by atoms with Gasteiger partial charge in [0.05, 0.1) is 21.7 Å². The molecule has 0 bridgehead atoms. The van der Waals surface area contributed by atoms with Gasteiger partial charge >= 0.3 is 11.9 Å². The molecule has 0 aliphatic rings. The van der Waals surface area contributed by atoms with Crippen LogP contribution < -0.4 is 4.74 Å². The van der Waals surface area contributed by atoms with Crippen molar-refractivity contribution < 1.29 is 19.1 Å². The Balaban J connectivity index is 2.32. The predicted molar refractivity (Wildman–Crippen MR) is 86.8 cm³/mol. The van der Waals surface area contributed by atoms with Crippen LogP contribution in [0.3, 0.4) is 0 Å². The topological polar surface area (TPSA) is 52.6 Å². The van der Waals surface area contributed by atoms with Crippen molar-refractivity contribution in [3.63, 3.8) is 0 Å². The molecular formula is C15H17Cl3O4. The monoisotopic (exact) mass is 366 g/mol. The SMILES string of the molecule is CCCOC(=O)CCCCC(=O)Oc1cc(Cl)c(Cl)cc1Cl. The molecule has 22 heavy (non-hydrogen) atoms. The fraction of sp³-hybridized carbons (Fsp3) is 0.467. The maximum Gasteiger partial charge on any atom is 0.311 e. The molecule has 1 aromatic carbocycles. The van der Waals surface area contributed by atoms with Crippen LogP contribution in [-0.2, 0) is 14.3 Å². The van der Waals surface area contributed by atoms with E-state index in [-0.39, 0.29) is 33.2 Å². The summed E-state index contributed by atoms with van der Waals surface area (Å²) in [5, 5.41) is 0.760. The van der Waals surface area contributed by atoms with Crippen molar-refractivity contribution in [2.75, 3.05) is 6.61 Å². The zero-order valence-corrected chi connectivity index (χ0v) is 14.4. The molecule has 0 amide bonds. The standard InChI is InChI=1S/C15H17Cl3O4/c1-2-7-21-14(19)5-3-4-6-15(20)22-13-9-11(17)10(16)8-12(13)18/h8-9H,2-7H2,1H3. The van der Waals surface area contributed by atoms with Gasteiger partial charge in [0.15, 0.2) is 5.75 Å². The van der Waals surface area contributed by atoms with Crippen LogP contribution in [0.1, 0.15) is 39.0 Å². The fourth-order valence-electron chi connectivity index (χ4n) is 1.58. The van der Waals surface area contributed by atoms with Gasteiger partial charge in [-0.05, 0) is 25.3 Å². The molecular weight excluding hydrogens is 351 g/mol. The molecule has 0 unspecified atom stereocenters. The molecule has 0 spiro atoms. The molecule has 7 heteroatoms. The number of esters is 2. The molecule has 0 aliphatic heterocycles. The summed E-state index contributed by atoms with van der Waals surface area (Å²) < 4.78 is 10.1. The van der Waals surface area contributed by atoms with Crippen LogP contribution in [0, 0.1) is 0 Å². The quantitative estimate of drug-likeness (QED) is 0.279. The van der Waals surface area contributed by atoms with Crippen LogP contribution in [0.4, 0.5) is 0 Å². The smallest absolute Gasteiger partial charge is 0.311 e. The molecule has 0 atom stereocenters. The lowest BCUT2D eigenvalue weighted by atomic mass is 10.2. The van der Waals surface area contributed by atoms with Crippen molar-refractivity contribution in [3.8, 4) is 5.75 Å². The Morgan fingerprint density at radius 3 is 2.18 bits per heavy atom. The van der Waals surface area contributed by atoms with Crippen LogP contribution in [0.25, 0.3) is 0 Å². The minimum atomic E-state index is -0.442. The van der Waals surface area contributed by atoms with Gasteiger partial charge in [-0.3, -0.25) is 9.59 Å². The third-order valence-electron chi connectivity index (χ3n) is 2.68. The summed E-state index contributed by atoms with van der Waals surface area (Å²) in [6.07, 6.45) is 2.35. The molecule has 1 rings (SSSR count). The van der Waals surface area contributed by atoms with Crippen LogP contribution in [0.15, 0.2) is 12.1 Å². The number of hydrogen-bond acceptors (Lipinski definition) is 4. The molecule has 0 heterocycles. The first-order chi connectivity index (χ1) is 10.4. The second-order valence-electron chi connectivity index (χ2n) is 4.60. The molecule has 0 fully saturated rings. The largest absolute Gasteiger partial charge is 0.466 e. The number of hydrogen-bond donors (Lipinski definition) is 0. The van der Waals surface area contributed by atoms with Crippen molar-refractivity contribution in [1.82, 2.24) is 0 Å². The van der Waals surface area contributed by atoms with Gasteiger partial charge in [-0.2, -0.15) is 0 Å². The molecule has 122 valence electrons. The number of halogens is 3. The zero-order valence-electron chi connectivity index (χ0n) is 12.2. The Morgan fingerprint density at radius 1 is 0.955 bits per heavy atom. The molecule has 4 nitrogen and oxygen atoms in total. The van der Waals surface area contributed by atoms with Crippen LogP contribution in [-0.4, -0.2) is 18.5 Å². The van der Waals surface area contributed by atoms with E-state index in [2.05, 4.69) is 0 Å². The van der Waals surface area contributed by atoms with Crippen LogP contribution >= 0.6 is 34.8 Å². The lowest BCUT2D eigenvalue weighted by molar-refractivity contribution is -0.144. The van der Waals surface area contributed by atoms with E-state index >= 15 is 0 Å². The van der Waals surface area contributed by atoms with Gasteiger partial charge in [-0.15, -0.1) is 0 Å². The van der Waals surface area contributed by atoms with E-state index in [4.69, 9.17) is 44.3 Å². The molecule has 0 aromatic heterocycles. The maximum atomic E-state index is 11.7. The summed E-state index contributed by atoms with van der Waals surface area (Å²) in [6, 6.07) is 2.81. The second kappa shape index (κ2) is 9.93. The number of unbranched alkanes of at least 4 members (excludes halogenated alkanes) is 1. The van der Waals surface area contributed by atoms with E-state index in [1.165, 1.54) is 12.1 Å². The van der Waals surface area contributed by atoms with Crippen molar-refractivity contribution >= 4 is 46.7 Å². The highest BCUT2D eigenvalue weighted by atomic mass is 35.5. The van der Waals surface area contributed by atoms with Gasteiger partial charge < -0.3 is 9.47 Å². The Hall–Kier alpha value is -0.970. The summed E-state index contributed by atoms with van der Waals surface area (Å²) in [5.74, 6) is -0.520. The van der Waals surface area contributed by atoms with E-state index in [9.17, 15) is 9.59 Å². The highest BCUT2D eigenvalue weighted by molar-refractivity contribution is 6.43. The first kappa shape index (κ1) is 19.1. The summed E-state index contributed by atoms with van der Waals surface area (Å²) >= 11 is 17.5. The Kier molecular flexibility index (Phi) is 8.61. The van der Waals surface area contributed by atoms with Gasteiger partial charge in [0, 0.05) is 18.9 Å². The molecule has 0 aliphatic carbocycles. The minimum Gasteiger partial charge on any atom is -0.466 e. The number of carbonyl (C=O) groups excluding carboxylic acids is 2. The molecule has 0 N–H and O–H groups in total. The normalized spacial score (nSPS) is 10.4. The van der Waals surface area contributed by atoms with Gasteiger partial charge in [-0.25, -0.2) is 0 Å². The van der Waals surface area contributed by atoms with Gasteiger partial charge in [0.2, 0.25) is 0 Å². The summed E-state index contributed by atoms with van der Waals surface area (Å²) in [4.78, 5) is 23.0. The van der Waals surface area contributed by atoms with Gasteiger partial charge in [0.25, 0.3) is 0 Å². The molecule has 1 aromatic rings. The van der Waals surface area contributed by atoms with Gasteiger partial charge in [-0.1, -0.05) is 41.7 Å².